The van der Waals surface area contributed by atoms with Gasteiger partial charge >= 0.3 is 0 Å². The van der Waals surface area contributed by atoms with E-state index in [0.717, 1.165) is 9.88 Å². The Morgan fingerprint density at radius 3 is 2.95 bits per heavy atom. The number of anilines is 1. The van der Waals surface area contributed by atoms with Crippen LogP contribution in [-0.4, -0.2) is 9.91 Å². The normalized spacial score (nSPS) is 9.89. The second kappa shape index (κ2) is 5.46. The lowest BCUT2D eigenvalue weighted by atomic mass is 10.2. The molecule has 2 aromatic rings. The summed E-state index contributed by atoms with van der Waals surface area (Å²) in [5.41, 5.74) is 0.548. The standard InChI is InChI=1S/C12H10N4O2S/c1-8-6-15-12(19-8)7-14-10-3-2-9(5-13)4-11(10)16(17)18/h2-4,6,14H,7H2,1H3. The molecule has 0 saturated carbocycles. The van der Waals surface area contributed by atoms with E-state index in [0.29, 0.717) is 12.2 Å². The maximum Gasteiger partial charge on any atom is 0.293 e. The Morgan fingerprint density at radius 1 is 1.58 bits per heavy atom. The van der Waals surface area contributed by atoms with Crippen molar-refractivity contribution in [3.8, 4) is 6.07 Å². The van der Waals surface area contributed by atoms with E-state index in [1.807, 2.05) is 13.0 Å². The summed E-state index contributed by atoms with van der Waals surface area (Å²) in [6.07, 6.45) is 1.76. The fourth-order valence-electron chi connectivity index (χ4n) is 1.56. The van der Waals surface area contributed by atoms with E-state index < -0.39 is 4.92 Å². The SMILES string of the molecule is Cc1cnc(CNc2ccc(C#N)cc2[N+](=O)[O-])s1. The van der Waals surface area contributed by atoms with Crippen LogP contribution in [0.1, 0.15) is 15.4 Å². The quantitative estimate of drug-likeness (QED) is 0.683. The molecule has 1 aromatic carbocycles. The van der Waals surface area contributed by atoms with E-state index >= 15 is 0 Å². The van der Waals surface area contributed by atoms with Crippen LogP contribution in [0.15, 0.2) is 24.4 Å². The summed E-state index contributed by atoms with van der Waals surface area (Å²) in [7, 11) is 0. The van der Waals surface area contributed by atoms with Gasteiger partial charge in [-0.15, -0.1) is 11.3 Å². The van der Waals surface area contributed by atoms with Crippen molar-refractivity contribution in [2.24, 2.45) is 0 Å². The van der Waals surface area contributed by atoms with Gasteiger partial charge in [0.25, 0.3) is 5.69 Å². The Kier molecular flexibility index (Phi) is 3.73. The highest BCUT2D eigenvalue weighted by Crippen LogP contribution is 2.26. The number of thiazole rings is 1. The van der Waals surface area contributed by atoms with E-state index in [4.69, 9.17) is 5.26 Å². The Balaban J connectivity index is 2.20. The number of aromatic nitrogens is 1. The van der Waals surface area contributed by atoms with Crippen molar-refractivity contribution in [2.45, 2.75) is 13.5 Å². The number of aryl methyl sites for hydroxylation is 1. The summed E-state index contributed by atoms with van der Waals surface area (Å²) in [5, 5.41) is 23.5. The molecule has 1 heterocycles. The highest BCUT2D eigenvalue weighted by atomic mass is 32.1. The molecular weight excluding hydrogens is 264 g/mol. The second-order valence-electron chi connectivity index (χ2n) is 3.82. The minimum absolute atomic E-state index is 0.104. The van der Waals surface area contributed by atoms with Gasteiger partial charge in [-0.1, -0.05) is 0 Å². The summed E-state index contributed by atoms with van der Waals surface area (Å²) in [6.45, 7) is 2.37. The molecule has 96 valence electrons. The Hall–Kier alpha value is -2.46. The molecule has 0 aliphatic heterocycles. The molecule has 7 heteroatoms. The lowest BCUT2D eigenvalue weighted by Gasteiger charge is -2.05. The van der Waals surface area contributed by atoms with Crippen LogP contribution in [0.2, 0.25) is 0 Å². The number of nitrogens with zero attached hydrogens (tertiary/aromatic N) is 3. The number of benzene rings is 1. The van der Waals surface area contributed by atoms with Gasteiger partial charge in [0.1, 0.15) is 10.7 Å². The summed E-state index contributed by atoms with van der Waals surface area (Å²) in [5.74, 6) is 0. The van der Waals surface area contributed by atoms with E-state index in [1.165, 1.54) is 23.5 Å². The van der Waals surface area contributed by atoms with Gasteiger partial charge in [-0.2, -0.15) is 5.26 Å². The van der Waals surface area contributed by atoms with Gasteiger partial charge in [0.15, 0.2) is 0 Å². The summed E-state index contributed by atoms with van der Waals surface area (Å²) in [4.78, 5) is 15.7. The number of nitrogens with one attached hydrogen (secondary N) is 1. The van der Waals surface area contributed by atoms with Crippen LogP contribution in [-0.2, 0) is 6.54 Å². The number of nitriles is 1. The number of nitro benzene ring substituents is 1. The predicted molar refractivity (Wildman–Crippen MR) is 72.0 cm³/mol. The van der Waals surface area contributed by atoms with E-state index in [-0.39, 0.29) is 11.3 Å². The maximum atomic E-state index is 10.9. The van der Waals surface area contributed by atoms with Crippen molar-refractivity contribution in [3.05, 3.63) is 50.0 Å². The number of hydrogen-bond acceptors (Lipinski definition) is 6. The highest BCUT2D eigenvalue weighted by Gasteiger charge is 2.14. The van der Waals surface area contributed by atoms with Crippen molar-refractivity contribution in [1.82, 2.24) is 4.98 Å². The van der Waals surface area contributed by atoms with E-state index in [2.05, 4.69) is 10.3 Å². The van der Waals surface area contributed by atoms with Gasteiger partial charge in [-0.3, -0.25) is 10.1 Å². The predicted octanol–water partition coefficient (Wildman–Crippen LogP) is 2.84. The van der Waals surface area contributed by atoms with Gasteiger partial charge in [0, 0.05) is 17.1 Å². The van der Waals surface area contributed by atoms with Crippen molar-refractivity contribution >= 4 is 22.7 Å². The molecule has 0 bridgehead atoms. The molecular formula is C12H10N4O2S. The molecule has 1 aromatic heterocycles. The van der Waals surface area contributed by atoms with E-state index in [9.17, 15) is 10.1 Å². The molecule has 6 nitrogen and oxygen atoms in total. The molecule has 1 N–H and O–H groups in total. The fourth-order valence-corrected chi connectivity index (χ4v) is 2.28. The van der Waals surface area contributed by atoms with Crippen molar-refractivity contribution < 1.29 is 4.92 Å². The van der Waals surface area contributed by atoms with Crippen LogP contribution in [0.25, 0.3) is 0 Å². The maximum absolute atomic E-state index is 10.9. The number of rotatable bonds is 4. The molecule has 19 heavy (non-hydrogen) atoms. The summed E-state index contributed by atoms with van der Waals surface area (Å²) >= 11 is 1.53. The number of hydrogen-bond donors (Lipinski definition) is 1. The van der Waals surface area contributed by atoms with Gasteiger partial charge < -0.3 is 5.32 Å². The molecule has 0 aliphatic rings. The minimum atomic E-state index is -0.504. The molecule has 0 fully saturated rings. The Bertz CT molecular complexity index is 660. The third-order valence-electron chi connectivity index (χ3n) is 2.42. The first-order valence-electron chi connectivity index (χ1n) is 5.44. The molecule has 0 saturated heterocycles. The monoisotopic (exact) mass is 274 g/mol. The fraction of sp³-hybridized carbons (Fsp3) is 0.167. The third kappa shape index (κ3) is 3.05. The van der Waals surface area contributed by atoms with Crippen molar-refractivity contribution in [1.29, 1.82) is 5.26 Å². The third-order valence-corrected chi connectivity index (χ3v) is 3.34. The topological polar surface area (TPSA) is 91.8 Å². The average molecular weight is 274 g/mol. The van der Waals surface area contributed by atoms with E-state index in [1.54, 1.807) is 12.3 Å². The highest BCUT2D eigenvalue weighted by molar-refractivity contribution is 7.11. The van der Waals surface area contributed by atoms with Crippen LogP contribution in [0.5, 0.6) is 0 Å². The van der Waals surface area contributed by atoms with Gasteiger partial charge in [0.05, 0.1) is 23.1 Å². The molecule has 0 amide bonds. The molecule has 0 spiro atoms. The van der Waals surface area contributed by atoms with Crippen LogP contribution >= 0.6 is 11.3 Å². The first kappa shape index (κ1) is 13.0. The van der Waals surface area contributed by atoms with Crippen LogP contribution in [0.3, 0.4) is 0 Å². The molecule has 0 radical (unpaired) electrons. The Labute approximate surface area is 113 Å². The molecule has 2 rings (SSSR count). The van der Waals surface area contributed by atoms with Crippen LogP contribution < -0.4 is 5.32 Å². The largest absolute Gasteiger partial charge is 0.373 e. The zero-order valence-corrected chi connectivity index (χ0v) is 10.9. The minimum Gasteiger partial charge on any atom is -0.373 e. The Morgan fingerprint density at radius 2 is 2.37 bits per heavy atom. The smallest absolute Gasteiger partial charge is 0.293 e. The number of nitro groups is 1. The van der Waals surface area contributed by atoms with Gasteiger partial charge in [0.2, 0.25) is 0 Å². The lowest BCUT2D eigenvalue weighted by molar-refractivity contribution is -0.384. The first-order valence-corrected chi connectivity index (χ1v) is 6.25. The van der Waals surface area contributed by atoms with Crippen molar-refractivity contribution in [2.75, 3.05) is 5.32 Å². The van der Waals surface area contributed by atoms with Gasteiger partial charge in [-0.05, 0) is 19.1 Å². The molecule has 0 aliphatic carbocycles. The van der Waals surface area contributed by atoms with Crippen LogP contribution in [0.4, 0.5) is 11.4 Å². The summed E-state index contributed by atoms with van der Waals surface area (Å²) < 4.78 is 0. The lowest BCUT2D eigenvalue weighted by Crippen LogP contribution is -2.02. The first-order chi connectivity index (χ1) is 9.10. The molecule has 0 atom stereocenters. The average Bonchev–Trinajstić information content (AvgIpc) is 2.82. The van der Waals surface area contributed by atoms with Crippen molar-refractivity contribution in [3.63, 3.8) is 0 Å². The second-order valence-corrected chi connectivity index (χ2v) is 5.14. The zero-order chi connectivity index (χ0) is 13.8. The summed E-state index contributed by atoms with van der Waals surface area (Å²) in [6, 6.07) is 6.23. The zero-order valence-electron chi connectivity index (χ0n) is 10.1. The van der Waals surface area contributed by atoms with Gasteiger partial charge in [-0.25, -0.2) is 4.98 Å². The molecule has 0 unspecified atom stereocenters. The van der Waals surface area contributed by atoms with Crippen LogP contribution in [0, 0.1) is 28.4 Å².